The van der Waals surface area contributed by atoms with E-state index in [0.717, 1.165) is 36.1 Å². The van der Waals surface area contributed by atoms with Gasteiger partial charge in [-0.3, -0.25) is 0 Å². The fourth-order valence-electron chi connectivity index (χ4n) is 4.57. The molecule has 0 radical (unpaired) electrons. The van der Waals surface area contributed by atoms with Crippen LogP contribution in [0.4, 0.5) is 10.1 Å². The summed E-state index contributed by atoms with van der Waals surface area (Å²) < 4.78 is 13.9. The Bertz CT molecular complexity index is 1400. The Morgan fingerprint density at radius 3 is 1.89 bits per heavy atom. The first-order valence-electron chi connectivity index (χ1n) is 15.3. The summed E-state index contributed by atoms with van der Waals surface area (Å²) in [6, 6.07) is 20.7. The third-order valence-electron chi connectivity index (χ3n) is 7.04. The Morgan fingerprint density at radius 1 is 0.870 bits per heavy atom. The number of nitrogens with one attached hydrogen (secondary N) is 1. The number of halogens is 1. The number of hydrogen-bond donors (Lipinski definition) is 7. The van der Waals surface area contributed by atoms with Crippen LogP contribution in [0.3, 0.4) is 0 Å². The molecule has 0 saturated heterocycles. The molecule has 250 valence electrons. The van der Waals surface area contributed by atoms with Crippen molar-refractivity contribution in [3.05, 3.63) is 100 Å². The summed E-state index contributed by atoms with van der Waals surface area (Å²) >= 11 is 0. The Balaban J connectivity index is 0.000000479. The molecule has 0 aliphatic carbocycles. The molecule has 10 heteroatoms. The summed E-state index contributed by atoms with van der Waals surface area (Å²) in [5.74, 6) is 4.80. The van der Waals surface area contributed by atoms with Gasteiger partial charge in [-0.05, 0) is 73.0 Å². The number of aryl methyl sites for hydroxylation is 1. The van der Waals surface area contributed by atoms with Crippen LogP contribution in [0.25, 0.3) is 0 Å². The van der Waals surface area contributed by atoms with Gasteiger partial charge in [-0.25, -0.2) is 9.18 Å². The zero-order chi connectivity index (χ0) is 34.2. The fourth-order valence-corrected chi connectivity index (χ4v) is 4.57. The third kappa shape index (κ3) is 12.5. The summed E-state index contributed by atoms with van der Waals surface area (Å²) in [5, 5.41) is 56.7. The highest BCUT2D eigenvalue weighted by Crippen LogP contribution is 2.23. The van der Waals surface area contributed by atoms with Crippen LogP contribution >= 0.6 is 0 Å². The second kappa shape index (κ2) is 19.6. The minimum atomic E-state index is -1.55. The maximum Gasteiger partial charge on any atom is 0.338 e. The maximum atomic E-state index is 13.9. The number of nitrogens with zero attached hydrogens (tertiary/aromatic N) is 1. The van der Waals surface area contributed by atoms with E-state index in [4.69, 9.17) is 20.4 Å². The van der Waals surface area contributed by atoms with Crippen molar-refractivity contribution in [2.45, 2.75) is 64.6 Å². The van der Waals surface area contributed by atoms with E-state index in [1.165, 1.54) is 17.7 Å². The van der Waals surface area contributed by atoms with Gasteiger partial charge in [0.2, 0.25) is 0 Å². The first kappa shape index (κ1) is 38.4. The number of aromatic carboxylic acids is 1. The van der Waals surface area contributed by atoms with E-state index in [1.54, 1.807) is 13.1 Å². The molecule has 46 heavy (non-hydrogen) atoms. The summed E-state index contributed by atoms with van der Waals surface area (Å²) in [7, 11) is 1.57. The molecular weight excluding hydrogens is 591 g/mol. The van der Waals surface area contributed by atoms with Crippen molar-refractivity contribution in [1.82, 2.24) is 5.32 Å². The van der Waals surface area contributed by atoms with Crippen LogP contribution in [-0.2, 0) is 13.0 Å². The average Bonchev–Trinajstić information content (AvgIpc) is 3.04. The summed E-state index contributed by atoms with van der Waals surface area (Å²) in [4.78, 5) is 13.4. The molecule has 7 N–H and O–H groups in total. The summed E-state index contributed by atoms with van der Waals surface area (Å²) in [6.45, 7) is 7.12. The third-order valence-corrected chi connectivity index (χ3v) is 7.04. The molecule has 0 heterocycles. The molecule has 0 saturated carbocycles. The van der Waals surface area contributed by atoms with E-state index >= 15 is 0 Å². The molecule has 9 nitrogen and oxygen atoms in total. The van der Waals surface area contributed by atoms with Crippen molar-refractivity contribution in [1.29, 1.82) is 0 Å². The lowest BCUT2D eigenvalue weighted by atomic mass is 10.0. The van der Waals surface area contributed by atoms with Crippen LogP contribution in [0.15, 0.2) is 66.7 Å². The lowest BCUT2D eigenvalue weighted by Crippen LogP contribution is -2.48. The lowest BCUT2D eigenvalue weighted by molar-refractivity contribution is -0.113. The monoisotopic (exact) mass is 638 g/mol. The molecule has 3 aromatic carbocycles. The van der Waals surface area contributed by atoms with Crippen molar-refractivity contribution >= 4 is 11.7 Å². The van der Waals surface area contributed by atoms with E-state index in [9.17, 15) is 19.4 Å². The number of carboxylic acids is 1. The quantitative estimate of drug-likeness (QED) is 0.132. The molecule has 0 bridgehead atoms. The van der Waals surface area contributed by atoms with Gasteiger partial charge in [0.05, 0.1) is 18.3 Å². The van der Waals surface area contributed by atoms with Crippen LogP contribution in [0.2, 0.25) is 0 Å². The topological polar surface area (TPSA) is 154 Å². The normalized spacial score (nSPS) is 13.5. The SMILES string of the molecule is CCCc1ccc(C#Cc2ccc(CN(CC(C)C)c3ccc(F)c(C(=O)O)c3)cc2)cc1.CNC[C@H](O)[C@@H](O)[C@H](O)[C@H](O)CO. The smallest absolute Gasteiger partial charge is 0.338 e. The maximum absolute atomic E-state index is 13.9. The number of aliphatic hydroxyl groups excluding tert-OH is 5. The van der Waals surface area contributed by atoms with Crippen molar-refractivity contribution in [2.75, 3.05) is 31.6 Å². The Morgan fingerprint density at radius 2 is 1.41 bits per heavy atom. The molecule has 3 rings (SSSR count). The molecule has 4 atom stereocenters. The van der Waals surface area contributed by atoms with Crippen molar-refractivity contribution in [3.8, 4) is 11.8 Å². The minimum Gasteiger partial charge on any atom is -0.478 e. The molecule has 0 unspecified atom stereocenters. The first-order valence-corrected chi connectivity index (χ1v) is 15.3. The Kier molecular flexibility index (Phi) is 16.4. The fraction of sp³-hybridized carbons (Fsp3) is 0.417. The largest absolute Gasteiger partial charge is 0.478 e. The Hall–Kier alpha value is -3.82. The van der Waals surface area contributed by atoms with Gasteiger partial charge in [0.25, 0.3) is 0 Å². The number of anilines is 1. The number of carbonyl (C=O) groups is 1. The van der Waals surface area contributed by atoms with Crippen molar-refractivity contribution < 1.29 is 39.8 Å². The van der Waals surface area contributed by atoms with E-state index in [0.29, 0.717) is 18.2 Å². The minimum absolute atomic E-state index is 0.0936. The lowest BCUT2D eigenvalue weighted by Gasteiger charge is -2.27. The standard InChI is InChI=1S/C29H30FNO2.C7H17NO5/c1-4-5-22-6-8-23(9-7-22)10-11-24-12-14-25(15-13-24)20-31(19-21(2)3)26-16-17-28(30)27(18-26)29(32)33;1-8-2-4(10)6(12)7(13)5(11)3-9/h6-9,12-18,21H,4-5,19-20H2,1-3H3,(H,32,33);4-13H,2-3H2,1H3/t;4-,5+,6+,7+/m.0/s1. The Labute approximate surface area is 271 Å². The molecule has 0 aliphatic rings. The van der Waals surface area contributed by atoms with Gasteiger partial charge in [0, 0.05) is 36.4 Å². The van der Waals surface area contributed by atoms with Gasteiger partial charge in [-0.15, -0.1) is 0 Å². The second-order valence-electron chi connectivity index (χ2n) is 11.5. The average molecular weight is 639 g/mol. The predicted molar refractivity (Wildman–Crippen MR) is 177 cm³/mol. The van der Waals surface area contributed by atoms with E-state index in [2.05, 4.69) is 67.1 Å². The highest BCUT2D eigenvalue weighted by molar-refractivity contribution is 5.89. The van der Waals surface area contributed by atoms with E-state index < -0.39 is 42.8 Å². The number of rotatable bonds is 14. The molecule has 0 aliphatic heterocycles. The molecule has 0 amide bonds. The van der Waals surface area contributed by atoms with E-state index in [1.807, 2.05) is 24.3 Å². The number of hydrogen-bond acceptors (Lipinski definition) is 8. The second-order valence-corrected chi connectivity index (χ2v) is 11.5. The van der Waals surface area contributed by atoms with E-state index in [-0.39, 0.29) is 12.1 Å². The van der Waals surface area contributed by atoms with Crippen molar-refractivity contribution in [2.24, 2.45) is 5.92 Å². The molecule has 0 spiro atoms. The summed E-state index contributed by atoms with van der Waals surface area (Å²) in [5.41, 5.74) is 4.71. The molecule has 0 aromatic heterocycles. The van der Waals surface area contributed by atoms with Crippen LogP contribution in [0.1, 0.15) is 59.8 Å². The number of carboxylic acid groups (broad SMARTS) is 1. The van der Waals surface area contributed by atoms with Gasteiger partial charge in [-0.2, -0.15) is 0 Å². The highest BCUT2D eigenvalue weighted by atomic mass is 19.1. The van der Waals surface area contributed by atoms with Crippen LogP contribution in [0.5, 0.6) is 0 Å². The number of likely N-dealkylation sites (N-methyl/N-ethyl adjacent to an activating group) is 1. The van der Waals surface area contributed by atoms with Crippen LogP contribution < -0.4 is 10.2 Å². The molecular formula is C36H47FN2O7. The van der Waals surface area contributed by atoms with Gasteiger partial charge >= 0.3 is 5.97 Å². The zero-order valence-electron chi connectivity index (χ0n) is 26.9. The van der Waals surface area contributed by atoms with Crippen LogP contribution in [-0.4, -0.2) is 87.8 Å². The van der Waals surface area contributed by atoms with Gasteiger partial charge in [-0.1, -0.05) is 63.3 Å². The zero-order valence-corrected chi connectivity index (χ0v) is 26.9. The van der Waals surface area contributed by atoms with Crippen molar-refractivity contribution in [3.63, 3.8) is 0 Å². The number of benzene rings is 3. The molecule has 0 fully saturated rings. The first-order chi connectivity index (χ1) is 21.9. The van der Waals surface area contributed by atoms with Gasteiger partial charge in [0.15, 0.2) is 0 Å². The van der Waals surface area contributed by atoms with Gasteiger partial charge < -0.3 is 40.9 Å². The highest BCUT2D eigenvalue weighted by Gasteiger charge is 2.29. The molecule has 3 aromatic rings. The predicted octanol–water partition coefficient (Wildman–Crippen LogP) is 3.18. The van der Waals surface area contributed by atoms with Crippen LogP contribution in [0, 0.1) is 23.6 Å². The number of aliphatic hydroxyl groups is 5. The summed E-state index contributed by atoms with van der Waals surface area (Å²) in [6.07, 6.45) is -3.43. The van der Waals surface area contributed by atoms with Gasteiger partial charge in [0.1, 0.15) is 24.1 Å².